The van der Waals surface area contributed by atoms with Gasteiger partial charge in [-0.15, -0.1) is 0 Å². The third-order valence-electron chi connectivity index (χ3n) is 6.38. The van der Waals surface area contributed by atoms with Crippen LogP contribution >= 0.6 is 11.6 Å². The lowest BCUT2D eigenvalue weighted by Gasteiger charge is -2.45. The number of nitrogens with zero attached hydrogens (tertiary/aromatic N) is 3. The molecule has 1 N–H and O–H groups in total. The predicted molar refractivity (Wildman–Crippen MR) is 130 cm³/mol. The van der Waals surface area contributed by atoms with E-state index in [1.807, 2.05) is 48.3 Å². The molecule has 0 unspecified atom stereocenters. The Morgan fingerprint density at radius 1 is 1.14 bits per heavy atom. The van der Waals surface area contributed by atoms with Crippen molar-refractivity contribution in [3.8, 4) is 11.5 Å². The number of aromatic hydroxyl groups is 1. The van der Waals surface area contributed by atoms with Crippen LogP contribution in [0.5, 0.6) is 11.5 Å². The molecule has 2 aliphatic rings. The standard InChI is InChI=1S/C26H23ClFN3O4/c1-2-17-9-6-14-35-25-18(10-11-19(27)21(25)28)22(16-7-4-3-5-8-16)31-15-29(17)26(34)23-24(33)20(32)12-13-30(23)31/h3-13,17,22,33H,2,14-15H2,1H3/b9-6-/t17-,22-/m0/s1. The van der Waals surface area contributed by atoms with E-state index in [9.17, 15) is 14.7 Å². The van der Waals surface area contributed by atoms with Gasteiger partial charge in [-0.05, 0) is 24.1 Å². The van der Waals surface area contributed by atoms with E-state index in [0.717, 1.165) is 5.56 Å². The van der Waals surface area contributed by atoms with Gasteiger partial charge in [-0.1, -0.05) is 61.0 Å². The second kappa shape index (κ2) is 9.11. The minimum absolute atomic E-state index is 0.00113. The van der Waals surface area contributed by atoms with Gasteiger partial charge < -0.3 is 14.7 Å². The van der Waals surface area contributed by atoms with Crippen LogP contribution in [0.25, 0.3) is 0 Å². The number of amides is 1. The molecule has 35 heavy (non-hydrogen) atoms. The third-order valence-corrected chi connectivity index (χ3v) is 6.67. The highest BCUT2D eigenvalue weighted by atomic mass is 35.5. The van der Waals surface area contributed by atoms with Gasteiger partial charge in [0, 0.05) is 17.8 Å². The van der Waals surface area contributed by atoms with Gasteiger partial charge >= 0.3 is 0 Å². The van der Waals surface area contributed by atoms with Crippen LogP contribution in [0.2, 0.25) is 5.02 Å². The van der Waals surface area contributed by atoms with Crippen LogP contribution in [-0.2, 0) is 0 Å². The molecule has 2 bridgehead atoms. The van der Waals surface area contributed by atoms with Crippen molar-refractivity contribution in [1.29, 1.82) is 0 Å². The maximum absolute atomic E-state index is 15.3. The summed E-state index contributed by atoms with van der Waals surface area (Å²) < 4.78 is 22.7. The van der Waals surface area contributed by atoms with Gasteiger partial charge in [0.2, 0.25) is 5.43 Å². The Bertz CT molecular complexity index is 1380. The molecule has 180 valence electrons. The fourth-order valence-corrected chi connectivity index (χ4v) is 4.83. The molecule has 0 radical (unpaired) electrons. The lowest BCUT2D eigenvalue weighted by molar-refractivity contribution is 0.0626. The maximum Gasteiger partial charge on any atom is 0.278 e. The number of hydrogen-bond donors (Lipinski definition) is 1. The van der Waals surface area contributed by atoms with E-state index >= 15 is 4.39 Å². The van der Waals surface area contributed by atoms with Crippen molar-refractivity contribution in [2.24, 2.45) is 0 Å². The van der Waals surface area contributed by atoms with Crippen molar-refractivity contribution in [1.82, 2.24) is 9.58 Å². The monoisotopic (exact) mass is 495 g/mol. The summed E-state index contributed by atoms with van der Waals surface area (Å²) in [5.74, 6) is -1.78. The molecule has 2 aromatic carbocycles. The Balaban J connectivity index is 1.84. The summed E-state index contributed by atoms with van der Waals surface area (Å²) in [7, 11) is 0. The van der Waals surface area contributed by atoms with Crippen molar-refractivity contribution >= 4 is 17.5 Å². The fourth-order valence-electron chi connectivity index (χ4n) is 4.68. The molecule has 2 atom stereocenters. The first-order chi connectivity index (χ1) is 16.9. The van der Waals surface area contributed by atoms with Gasteiger partial charge in [0.15, 0.2) is 23.0 Å². The number of ether oxygens (including phenoxy) is 1. The molecular weight excluding hydrogens is 473 g/mol. The van der Waals surface area contributed by atoms with Crippen LogP contribution in [0.4, 0.5) is 4.39 Å². The highest BCUT2D eigenvalue weighted by Crippen LogP contribution is 2.40. The van der Waals surface area contributed by atoms with Crippen molar-refractivity contribution in [3.05, 3.63) is 105 Å². The number of carbonyl (C=O) groups excluding carboxylic acids is 1. The lowest BCUT2D eigenvalue weighted by atomic mass is 9.96. The summed E-state index contributed by atoms with van der Waals surface area (Å²) in [5.41, 5.74) is 0.475. The van der Waals surface area contributed by atoms with E-state index in [1.165, 1.54) is 23.0 Å². The predicted octanol–water partition coefficient (Wildman–Crippen LogP) is 4.21. The summed E-state index contributed by atoms with van der Waals surface area (Å²) in [6, 6.07) is 12.7. The van der Waals surface area contributed by atoms with Crippen LogP contribution in [0.3, 0.4) is 0 Å². The fraction of sp³-hybridized carbons (Fsp3) is 0.231. The summed E-state index contributed by atoms with van der Waals surface area (Å²) in [4.78, 5) is 27.5. The largest absolute Gasteiger partial charge is 0.502 e. The van der Waals surface area contributed by atoms with E-state index in [0.29, 0.717) is 12.0 Å². The number of hydrogen-bond acceptors (Lipinski definition) is 5. The van der Waals surface area contributed by atoms with Gasteiger partial charge in [0.25, 0.3) is 5.91 Å². The molecule has 0 saturated heterocycles. The van der Waals surface area contributed by atoms with Gasteiger partial charge in [0.1, 0.15) is 19.3 Å². The Morgan fingerprint density at radius 2 is 1.91 bits per heavy atom. The van der Waals surface area contributed by atoms with Crippen LogP contribution in [0.15, 0.2) is 71.7 Å². The summed E-state index contributed by atoms with van der Waals surface area (Å²) in [6.07, 6.45) is 5.57. The smallest absolute Gasteiger partial charge is 0.278 e. The molecule has 1 amide bonds. The normalized spacial score (nSPS) is 20.4. The first-order valence-electron chi connectivity index (χ1n) is 11.3. The zero-order chi connectivity index (χ0) is 24.7. The molecule has 3 heterocycles. The molecule has 2 aliphatic heterocycles. The SMILES string of the molecule is CC[C@H]1/C=C\COc2c(ccc(Cl)c2F)[C@H](c2ccccc2)N2CN1C(=O)c1c(O)c(=O)ccn12. The van der Waals surface area contributed by atoms with E-state index in [4.69, 9.17) is 16.3 Å². The molecule has 1 aromatic heterocycles. The second-order valence-electron chi connectivity index (χ2n) is 8.39. The highest BCUT2D eigenvalue weighted by Gasteiger charge is 2.39. The topological polar surface area (TPSA) is 75.0 Å². The van der Waals surface area contributed by atoms with Gasteiger partial charge in [-0.3, -0.25) is 19.3 Å². The molecule has 0 aliphatic carbocycles. The van der Waals surface area contributed by atoms with Crippen molar-refractivity contribution in [2.45, 2.75) is 25.4 Å². The van der Waals surface area contributed by atoms with Crippen molar-refractivity contribution in [2.75, 3.05) is 18.3 Å². The average Bonchev–Trinajstić information content (AvgIpc) is 2.89. The van der Waals surface area contributed by atoms with Crippen molar-refractivity contribution < 1.29 is 19.0 Å². The first-order valence-corrected chi connectivity index (χ1v) is 11.6. The Labute approximate surface area is 206 Å². The number of halogens is 2. The van der Waals surface area contributed by atoms with E-state index < -0.39 is 28.9 Å². The third kappa shape index (κ3) is 3.83. The zero-order valence-electron chi connectivity index (χ0n) is 18.9. The van der Waals surface area contributed by atoms with Gasteiger partial charge in [-0.25, -0.2) is 4.39 Å². The molecule has 3 aromatic rings. The average molecular weight is 496 g/mol. The molecule has 0 spiro atoms. The quantitative estimate of drug-likeness (QED) is 0.539. The Hall–Kier alpha value is -3.78. The summed E-state index contributed by atoms with van der Waals surface area (Å²) in [6.45, 7) is 2.11. The maximum atomic E-state index is 15.3. The Morgan fingerprint density at radius 3 is 2.66 bits per heavy atom. The molecule has 0 fully saturated rings. The Kier molecular flexibility index (Phi) is 5.98. The van der Waals surface area contributed by atoms with E-state index in [-0.39, 0.29) is 35.8 Å². The molecule has 9 heteroatoms. The minimum atomic E-state index is -0.683. The van der Waals surface area contributed by atoms with Gasteiger partial charge in [-0.2, -0.15) is 0 Å². The van der Waals surface area contributed by atoms with E-state index in [2.05, 4.69) is 0 Å². The number of carbonyl (C=O) groups is 1. The summed E-state index contributed by atoms with van der Waals surface area (Å²) >= 11 is 6.11. The van der Waals surface area contributed by atoms with Crippen LogP contribution < -0.4 is 15.2 Å². The number of benzene rings is 2. The minimum Gasteiger partial charge on any atom is -0.502 e. The molecule has 7 nitrogen and oxygen atoms in total. The van der Waals surface area contributed by atoms with Crippen LogP contribution in [-0.4, -0.2) is 39.9 Å². The van der Waals surface area contributed by atoms with Gasteiger partial charge in [0.05, 0.1) is 11.1 Å². The number of aromatic nitrogens is 1. The highest BCUT2D eigenvalue weighted by molar-refractivity contribution is 6.30. The number of pyridine rings is 1. The van der Waals surface area contributed by atoms with Crippen molar-refractivity contribution in [3.63, 3.8) is 0 Å². The zero-order valence-corrected chi connectivity index (χ0v) is 19.7. The summed E-state index contributed by atoms with van der Waals surface area (Å²) in [5, 5.41) is 12.4. The molecule has 5 rings (SSSR count). The number of fused-ring (bicyclic) bond motifs is 5. The van der Waals surface area contributed by atoms with Crippen LogP contribution in [0.1, 0.15) is 41.0 Å². The molecular formula is C26H23ClFN3O4. The first kappa shape index (κ1) is 23.0. The second-order valence-corrected chi connectivity index (χ2v) is 8.79. The molecule has 0 saturated carbocycles. The van der Waals surface area contributed by atoms with E-state index in [1.54, 1.807) is 17.0 Å². The number of rotatable bonds is 2. The lowest BCUT2D eigenvalue weighted by Crippen LogP contribution is -2.57. The van der Waals surface area contributed by atoms with Crippen LogP contribution in [0, 0.1) is 5.82 Å².